The summed E-state index contributed by atoms with van der Waals surface area (Å²) in [6, 6.07) is 4.72. The Hall–Kier alpha value is -1.75. The van der Waals surface area contributed by atoms with Gasteiger partial charge in [0.1, 0.15) is 0 Å². The van der Waals surface area contributed by atoms with E-state index in [1.54, 1.807) is 12.1 Å². The van der Waals surface area contributed by atoms with Gasteiger partial charge in [0.25, 0.3) is 5.91 Å². The summed E-state index contributed by atoms with van der Waals surface area (Å²) in [4.78, 5) is 22.9. The van der Waals surface area contributed by atoms with Crippen LogP contribution in [0.25, 0.3) is 0 Å². The van der Waals surface area contributed by atoms with Crippen molar-refractivity contribution >= 4 is 29.1 Å². The number of amides is 2. The van der Waals surface area contributed by atoms with Crippen LogP contribution in [0.4, 0.5) is 5.69 Å². The van der Waals surface area contributed by atoms with Crippen molar-refractivity contribution < 1.29 is 9.59 Å². The Balaban J connectivity index is 1.99. The van der Waals surface area contributed by atoms with E-state index in [0.717, 1.165) is 0 Å². The molecule has 2 amide bonds. The zero-order valence-corrected chi connectivity index (χ0v) is 10.5. The summed E-state index contributed by atoms with van der Waals surface area (Å²) in [5.74, 6) is -0.186. The molecule has 0 radical (unpaired) electrons. The third-order valence-corrected chi connectivity index (χ3v) is 3.19. The second-order valence-corrected chi connectivity index (χ2v) is 4.66. The van der Waals surface area contributed by atoms with Gasteiger partial charge < -0.3 is 16.4 Å². The average Bonchev–Trinajstić information content (AvgIpc) is 2.35. The predicted molar refractivity (Wildman–Crippen MR) is 69.4 cm³/mol. The highest BCUT2D eigenvalue weighted by Gasteiger charge is 2.20. The number of piperidine rings is 1. The van der Waals surface area contributed by atoms with E-state index < -0.39 is 0 Å². The van der Waals surface area contributed by atoms with Crippen LogP contribution in [0.15, 0.2) is 18.2 Å². The zero-order chi connectivity index (χ0) is 13.1. The van der Waals surface area contributed by atoms with E-state index in [2.05, 4.69) is 10.6 Å². The molecule has 1 heterocycles. The minimum Gasteiger partial charge on any atom is -0.398 e. The van der Waals surface area contributed by atoms with Crippen molar-refractivity contribution in [2.75, 3.05) is 12.3 Å². The smallest absolute Gasteiger partial charge is 0.251 e. The molecule has 1 unspecified atom stereocenters. The van der Waals surface area contributed by atoms with E-state index in [0.29, 0.717) is 35.7 Å². The molecule has 5 nitrogen and oxygen atoms in total. The van der Waals surface area contributed by atoms with Crippen molar-refractivity contribution in [1.29, 1.82) is 0 Å². The Bertz CT molecular complexity index is 480. The van der Waals surface area contributed by atoms with Crippen LogP contribution >= 0.6 is 11.6 Å². The molecule has 1 aliphatic heterocycles. The second-order valence-electron chi connectivity index (χ2n) is 4.25. The predicted octanol–water partition coefficient (Wildman–Crippen LogP) is 0.931. The van der Waals surface area contributed by atoms with Gasteiger partial charge >= 0.3 is 0 Å². The minimum atomic E-state index is -0.210. The molecule has 1 saturated heterocycles. The van der Waals surface area contributed by atoms with E-state index in [9.17, 15) is 9.59 Å². The van der Waals surface area contributed by atoms with Crippen molar-refractivity contribution in [2.45, 2.75) is 18.9 Å². The number of nitrogens with two attached hydrogens (primary N) is 1. The SMILES string of the molecule is Nc1ccc(C(=O)NC2CCC(=O)NC2)cc1Cl. The molecule has 18 heavy (non-hydrogen) atoms. The van der Waals surface area contributed by atoms with Gasteiger partial charge in [0, 0.05) is 24.6 Å². The molecule has 0 aliphatic carbocycles. The zero-order valence-electron chi connectivity index (χ0n) is 9.70. The molecular weight excluding hydrogens is 254 g/mol. The number of anilines is 1. The van der Waals surface area contributed by atoms with Crippen molar-refractivity contribution in [1.82, 2.24) is 10.6 Å². The highest BCUT2D eigenvalue weighted by Crippen LogP contribution is 2.19. The van der Waals surface area contributed by atoms with Gasteiger partial charge in [-0.15, -0.1) is 0 Å². The van der Waals surface area contributed by atoms with E-state index in [1.807, 2.05) is 0 Å². The van der Waals surface area contributed by atoms with Crippen molar-refractivity contribution in [3.63, 3.8) is 0 Å². The van der Waals surface area contributed by atoms with E-state index >= 15 is 0 Å². The minimum absolute atomic E-state index is 0.0241. The first-order valence-electron chi connectivity index (χ1n) is 5.69. The normalized spacial score (nSPS) is 19.2. The third kappa shape index (κ3) is 2.92. The lowest BCUT2D eigenvalue weighted by Gasteiger charge is -2.23. The molecule has 4 N–H and O–H groups in total. The maximum Gasteiger partial charge on any atom is 0.251 e. The highest BCUT2D eigenvalue weighted by molar-refractivity contribution is 6.33. The van der Waals surface area contributed by atoms with Gasteiger partial charge in [-0.2, -0.15) is 0 Å². The molecule has 2 rings (SSSR count). The molecule has 1 atom stereocenters. The average molecular weight is 268 g/mol. The molecule has 1 aliphatic rings. The van der Waals surface area contributed by atoms with Gasteiger partial charge in [-0.3, -0.25) is 9.59 Å². The van der Waals surface area contributed by atoms with Gasteiger partial charge in [-0.25, -0.2) is 0 Å². The molecule has 0 bridgehead atoms. The van der Waals surface area contributed by atoms with Gasteiger partial charge in [0.05, 0.1) is 10.7 Å². The number of hydrogen-bond acceptors (Lipinski definition) is 3. The maximum absolute atomic E-state index is 11.9. The van der Waals surface area contributed by atoms with Gasteiger partial charge in [-0.1, -0.05) is 11.6 Å². The Labute approximate surface area is 110 Å². The Morgan fingerprint density at radius 2 is 2.28 bits per heavy atom. The van der Waals surface area contributed by atoms with Crippen LogP contribution in [0, 0.1) is 0 Å². The number of halogens is 1. The first-order chi connectivity index (χ1) is 8.56. The van der Waals surface area contributed by atoms with Crippen LogP contribution in [0.1, 0.15) is 23.2 Å². The molecule has 0 saturated carbocycles. The summed E-state index contributed by atoms with van der Waals surface area (Å²) < 4.78 is 0. The second kappa shape index (κ2) is 5.27. The van der Waals surface area contributed by atoms with Crippen LogP contribution in [0.3, 0.4) is 0 Å². The van der Waals surface area contributed by atoms with Gasteiger partial charge in [0.2, 0.25) is 5.91 Å². The van der Waals surface area contributed by atoms with Gasteiger partial charge in [-0.05, 0) is 24.6 Å². The lowest BCUT2D eigenvalue weighted by atomic mass is 10.1. The van der Waals surface area contributed by atoms with Crippen LogP contribution in [-0.2, 0) is 4.79 Å². The largest absolute Gasteiger partial charge is 0.398 e. The highest BCUT2D eigenvalue weighted by atomic mass is 35.5. The molecule has 1 fully saturated rings. The molecular formula is C12H14ClN3O2. The van der Waals surface area contributed by atoms with Crippen LogP contribution in [-0.4, -0.2) is 24.4 Å². The number of nitrogens with one attached hydrogen (secondary N) is 2. The molecule has 0 aromatic heterocycles. The number of carbonyl (C=O) groups is 2. The molecule has 1 aromatic carbocycles. The summed E-state index contributed by atoms with van der Waals surface area (Å²) >= 11 is 5.86. The fourth-order valence-corrected chi connectivity index (χ4v) is 1.97. The molecule has 6 heteroatoms. The molecule has 96 valence electrons. The van der Waals surface area contributed by atoms with Crippen molar-refractivity contribution in [3.05, 3.63) is 28.8 Å². The lowest BCUT2D eigenvalue weighted by Crippen LogP contribution is -2.47. The quantitative estimate of drug-likeness (QED) is 0.697. The lowest BCUT2D eigenvalue weighted by molar-refractivity contribution is -0.122. The van der Waals surface area contributed by atoms with Gasteiger partial charge in [0.15, 0.2) is 0 Å². The van der Waals surface area contributed by atoms with Crippen molar-refractivity contribution in [3.8, 4) is 0 Å². The number of rotatable bonds is 2. The van der Waals surface area contributed by atoms with Crippen LogP contribution < -0.4 is 16.4 Å². The number of carbonyl (C=O) groups excluding carboxylic acids is 2. The number of hydrogen-bond donors (Lipinski definition) is 3. The monoisotopic (exact) mass is 267 g/mol. The van der Waals surface area contributed by atoms with E-state index in [-0.39, 0.29) is 17.9 Å². The van der Waals surface area contributed by atoms with Crippen molar-refractivity contribution in [2.24, 2.45) is 0 Å². The van der Waals surface area contributed by atoms with Crippen LogP contribution in [0.2, 0.25) is 5.02 Å². The van der Waals surface area contributed by atoms with E-state index in [1.165, 1.54) is 6.07 Å². The summed E-state index contributed by atoms with van der Waals surface area (Å²) in [5.41, 5.74) is 6.48. The fraction of sp³-hybridized carbons (Fsp3) is 0.333. The molecule has 1 aromatic rings. The summed E-state index contributed by atoms with van der Waals surface area (Å²) in [6.07, 6.45) is 1.09. The summed E-state index contributed by atoms with van der Waals surface area (Å²) in [5, 5.41) is 5.92. The van der Waals surface area contributed by atoms with Crippen LogP contribution in [0.5, 0.6) is 0 Å². The summed E-state index contributed by atoms with van der Waals surface area (Å²) in [7, 11) is 0. The topological polar surface area (TPSA) is 84.2 Å². The summed E-state index contributed by atoms with van der Waals surface area (Å²) in [6.45, 7) is 0.466. The Morgan fingerprint density at radius 3 is 2.89 bits per heavy atom. The maximum atomic E-state index is 11.9. The third-order valence-electron chi connectivity index (χ3n) is 2.86. The van der Waals surface area contributed by atoms with E-state index in [4.69, 9.17) is 17.3 Å². The number of nitrogen functional groups attached to an aromatic ring is 1. The molecule has 0 spiro atoms. The first kappa shape index (κ1) is 12.7. The first-order valence-corrected chi connectivity index (χ1v) is 6.06. The Morgan fingerprint density at radius 1 is 1.50 bits per heavy atom. The number of benzene rings is 1. The Kier molecular flexibility index (Phi) is 3.72. The standard InChI is InChI=1S/C12H14ClN3O2/c13-9-5-7(1-3-10(9)14)12(18)16-8-2-4-11(17)15-6-8/h1,3,5,8H,2,4,6,14H2,(H,15,17)(H,16,18). The fourth-order valence-electron chi connectivity index (χ4n) is 1.79.